The normalized spacial score (nSPS) is 18.2. The molecule has 16 heavy (non-hydrogen) atoms. The highest BCUT2D eigenvalue weighted by Crippen LogP contribution is 2.48. The third-order valence-corrected chi connectivity index (χ3v) is 3.76. The van der Waals surface area contributed by atoms with Gasteiger partial charge in [0.05, 0.1) is 0 Å². The van der Waals surface area contributed by atoms with E-state index in [-0.39, 0.29) is 6.92 Å². The zero-order valence-electron chi connectivity index (χ0n) is 8.82. The van der Waals surface area contributed by atoms with Crippen LogP contribution in [0.5, 0.6) is 0 Å². The fraction of sp³-hybridized carbons (Fsp3) is 1.00. The van der Waals surface area contributed by atoms with Crippen LogP contribution >= 0.6 is 0 Å². The summed E-state index contributed by atoms with van der Waals surface area (Å²) in [4.78, 5) is 0. The van der Waals surface area contributed by atoms with Crippen LogP contribution in [-0.4, -0.2) is 32.3 Å². The summed E-state index contributed by atoms with van der Waals surface area (Å²) in [7, 11) is -5.08. The minimum atomic E-state index is -5.62. The summed E-state index contributed by atoms with van der Waals surface area (Å²) >= 11 is 0. The Bertz CT molecular complexity index is 352. The summed E-state index contributed by atoms with van der Waals surface area (Å²) in [6.07, 6.45) is -0.950. The van der Waals surface area contributed by atoms with Crippen LogP contribution in [0.25, 0.3) is 0 Å². The Morgan fingerprint density at radius 1 is 1.12 bits per heavy atom. The van der Waals surface area contributed by atoms with Crippen LogP contribution in [0.3, 0.4) is 0 Å². The summed E-state index contributed by atoms with van der Waals surface area (Å²) in [5.41, 5.74) is -3.62. The van der Waals surface area contributed by atoms with Crippen LogP contribution in [0.4, 0.5) is 22.0 Å². The largest absolute Gasteiger partial charge is 0.423 e. The number of nitrogens with one attached hydrogen (secondary N) is 1. The van der Waals surface area contributed by atoms with Crippen molar-refractivity contribution >= 4 is 10.0 Å². The molecule has 0 fully saturated rings. The van der Waals surface area contributed by atoms with E-state index in [9.17, 15) is 30.4 Å². The molecule has 0 rings (SSSR count). The molecule has 1 atom stereocenters. The van der Waals surface area contributed by atoms with E-state index in [0.717, 1.165) is 11.6 Å². The van der Waals surface area contributed by atoms with Crippen molar-refractivity contribution in [2.24, 2.45) is 0 Å². The van der Waals surface area contributed by atoms with Crippen molar-refractivity contribution in [3.63, 3.8) is 0 Å². The number of hydrogen-bond acceptors (Lipinski definition) is 2. The monoisotopic (exact) mass is 269 g/mol. The molecule has 0 heterocycles. The van der Waals surface area contributed by atoms with Crippen molar-refractivity contribution < 1.29 is 30.4 Å². The Kier molecular flexibility index (Phi) is 3.99. The molecule has 0 aromatic carbocycles. The van der Waals surface area contributed by atoms with Gasteiger partial charge in [0.1, 0.15) is 0 Å². The molecule has 0 aliphatic carbocycles. The van der Waals surface area contributed by atoms with Gasteiger partial charge in [-0.1, -0.05) is 6.92 Å². The van der Waals surface area contributed by atoms with E-state index in [1.807, 2.05) is 0 Å². The standard InChI is InChI=1S/C7H12F5NO2S/c1-4-5(2,8)6(9,10)7(11,12)16(14,15)13-3/h13H,4H2,1-3H3. The van der Waals surface area contributed by atoms with Crippen molar-refractivity contribution in [1.82, 2.24) is 4.72 Å². The van der Waals surface area contributed by atoms with Gasteiger partial charge in [0.15, 0.2) is 5.67 Å². The van der Waals surface area contributed by atoms with Gasteiger partial charge in [0.25, 0.3) is 10.0 Å². The van der Waals surface area contributed by atoms with Gasteiger partial charge in [-0.2, -0.15) is 17.6 Å². The van der Waals surface area contributed by atoms with E-state index in [1.54, 1.807) is 0 Å². The third-order valence-electron chi connectivity index (χ3n) is 2.29. The average molecular weight is 269 g/mol. The van der Waals surface area contributed by atoms with Crippen molar-refractivity contribution in [1.29, 1.82) is 0 Å². The van der Waals surface area contributed by atoms with Gasteiger partial charge < -0.3 is 0 Å². The minimum absolute atomic E-state index is 0.228. The Balaban J connectivity index is 5.65. The molecule has 0 spiro atoms. The molecule has 0 aromatic heterocycles. The summed E-state index contributed by atoms with van der Waals surface area (Å²) in [5.74, 6) is -5.32. The second-order valence-electron chi connectivity index (χ2n) is 3.35. The molecule has 0 amide bonds. The number of alkyl halides is 5. The van der Waals surface area contributed by atoms with Crippen LogP contribution in [0.15, 0.2) is 0 Å². The van der Waals surface area contributed by atoms with Gasteiger partial charge in [0, 0.05) is 0 Å². The molecule has 1 unspecified atom stereocenters. The topological polar surface area (TPSA) is 46.2 Å². The number of halogens is 5. The molecule has 3 nitrogen and oxygen atoms in total. The quantitative estimate of drug-likeness (QED) is 0.775. The highest BCUT2D eigenvalue weighted by Gasteiger charge is 2.73. The second kappa shape index (κ2) is 4.10. The van der Waals surface area contributed by atoms with Crippen molar-refractivity contribution in [2.45, 2.75) is 37.1 Å². The van der Waals surface area contributed by atoms with E-state index in [0.29, 0.717) is 7.05 Å². The molecule has 98 valence electrons. The fourth-order valence-electron chi connectivity index (χ4n) is 0.822. The zero-order valence-corrected chi connectivity index (χ0v) is 9.64. The highest BCUT2D eigenvalue weighted by atomic mass is 32.2. The molecule has 0 saturated carbocycles. The average Bonchev–Trinajstić information content (AvgIpc) is 2.16. The lowest BCUT2D eigenvalue weighted by Gasteiger charge is -2.34. The van der Waals surface area contributed by atoms with Crippen molar-refractivity contribution in [3.05, 3.63) is 0 Å². The fourth-order valence-corrected chi connectivity index (χ4v) is 1.63. The van der Waals surface area contributed by atoms with Gasteiger partial charge in [-0.15, -0.1) is 0 Å². The van der Waals surface area contributed by atoms with Gasteiger partial charge in [-0.25, -0.2) is 17.5 Å². The highest BCUT2D eigenvalue weighted by molar-refractivity contribution is 7.90. The third kappa shape index (κ3) is 2.02. The summed E-state index contributed by atoms with van der Waals surface area (Å²) in [5, 5.41) is -5.52. The molecule has 9 heteroatoms. The van der Waals surface area contributed by atoms with Crippen molar-refractivity contribution in [2.75, 3.05) is 7.05 Å². The van der Waals surface area contributed by atoms with E-state index in [1.165, 1.54) is 0 Å². The smallest absolute Gasteiger partial charge is 0.237 e. The first-order valence-corrected chi connectivity index (χ1v) is 5.73. The SMILES string of the molecule is CCC(C)(F)C(F)(F)C(F)(F)S(=O)(=O)NC. The Morgan fingerprint density at radius 3 is 1.75 bits per heavy atom. The van der Waals surface area contributed by atoms with Crippen LogP contribution in [0.2, 0.25) is 0 Å². The maximum Gasteiger partial charge on any atom is 0.423 e. The molecule has 1 N–H and O–H groups in total. The van der Waals surface area contributed by atoms with Gasteiger partial charge in [-0.05, 0) is 20.4 Å². The van der Waals surface area contributed by atoms with Crippen LogP contribution in [0.1, 0.15) is 20.3 Å². The number of sulfonamides is 1. The number of rotatable bonds is 5. The number of hydrogen-bond donors (Lipinski definition) is 1. The summed E-state index contributed by atoms with van der Waals surface area (Å²) in [6, 6.07) is 0. The first kappa shape index (κ1) is 15.6. The van der Waals surface area contributed by atoms with Crippen molar-refractivity contribution in [3.8, 4) is 0 Å². The maximum atomic E-state index is 13.2. The zero-order chi connectivity index (χ0) is 13.4. The molecule has 0 aliphatic heterocycles. The van der Waals surface area contributed by atoms with E-state index in [2.05, 4.69) is 0 Å². The van der Waals surface area contributed by atoms with Gasteiger partial charge >= 0.3 is 11.2 Å². The van der Waals surface area contributed by atoms with Gasteiger partial charge in [-0.3, -0.25) is 0 Å². The van der Waals surface area contributed by atoms with Gasteiger partial charge in [0.2, 0.25) is 0 Å². The molecule has 0 radical (unpaired) electrons. The summed E-state index contributed by atoms with van der Waals surface area (Å²) < 4.78 is 88.0. The molecular formula is C7H12F5NO2S. The Labute approximate surface area is 90.1 Å². The first-order chi connectivity index (χ1) is 6.87. The lowest BCUT2D eigenvalue weighted by molar-refractivity contribution is -0.229. The Morgan fingerprint density at radius 2 is 1.50 bits per heavy atom. The lowest BCUT2D eigenvalue weighted by atomic mass is 9.97. The second-order valence-corrected chi connectivity index (χ2v) is 5.28. The van der Waals surface area contributed by atoms with E-state index >= 15 is 0 Å². The molecular weight excluding hydrogens is 257 g/mol. The van der Waals surface area contributed by atoms with E-state index < -0.39 is 33.3 Å². The first-order valence-electron chi connectivity index (χ1n) is 4.25. The summed E-state index contributed by atoms with van der Waals surface area (Å²) in [6.45, 7) is 1.14. The lowest BCUT2D eigenvalue weighted by Crippen LogP contribution is -2.60. The molecule has 0 aromatic rings. The molecule has 0 saturated heterocycles. The Hall–Kier alpha value is -0.440. The maximum absolute atomic E-state index is 13.2. The van der Waals surface area contributed by atoms with Crippen LogP contribution < -0.4 is 4.72 Å². The minimum Gasteiger partial charge on any atom is -0.237 e. The van der Waals surface area contributed by atoms with Crippen LogP contribution in [0, 0.1) is 0 Å². The van der Waals surface area contributed by atoms with Crippen LogP contribution in [-0.2, 0) is 10.0 Å². The predicted molar refractivity (Wildman–Crippen MR) is 47.7 cm³/mol. The predicted octanol–water partition coefficient (Wildman–Crippen LogP) is 1.90. The molecule has 0 aliphatic rings. The van der Waals surface area contributed by atoms with E-state index in [4.69, 9.17) is 0 Å². The molecule has 0 bridgehead atoms.